The van der Waals surface area contributed by atoms with Gasteiger partial charge in [-0.1, -0.05) is 58.3 Å². The lowest BCUT2D eigenvalue weighted by Crippen LogP contribution is -2.37. The first-order valence-electron chi connectivity index (χ1n) is 8.79. The summed E-state index contributed by atoms with van der Waals surface area (Å²) in [5.41, 5.74) is 0. The summed E-state index contributed by atoms with van der Waals surface area (Å²) >= 11 is 11.3. The van der Waals surface area contributed by atoms with Crippen molar-refractivity contribution in [1.29, 1.82) is 0 Å². The Morgan fingerprint density at radius 2 is 1.42 bits per heavy atom. The van der Waals surface area contributed by atoms with Crippen LogP contribution in [-0.4, -0.2) is 32.7 Å². The highest BCUT2D eigenvalue weighted by atomic mass is 35.5. The maximum atomic E-state index is 12.0. The average Bonchev–Trinajstić information content (AvgIpc) is 2.52. The minimum absolute atomic E-state index is 0.0787. The highest BCUT2D eigenvalue weighted by Crippen LogP contribution is 2.17. The minimum Gasteiger partial charge on any atom is -0.481 e. The van der Waals surface area contributed by atoms with Gasteiger partial charge in [0.25, 0.3) is 0 Å². The van der Waals surface area contributed by atoms with Crippen LogP contribution in [0.15, 0.2) is 0 Å². The van der Waals surface area contributed by atoms with Gasteiger partial charge in [-0.15, -0.1) is 0 Å². The third-order valence-electron chi connectivity index (χ3n) is 3.90. The van der Waals surface area contributed by atoms with Crippen molar-refractivity contribution in [2.75, 3.05) is 0 Å². The molecule has 0 aromatic heterocycles. The molecule has 0 rings (SSSR count). The molecule has 1 atom stereocenters. The number of carboxylic acids is 1. The van der Waals surface area contributed by atoms with E-state index in [1.807, 2.05) is 0 Å². The molecule has 0 aromatic rings. The first-order chi connectivity index (χ1) is 11.4. The van der Waals surface area contributed by atoms with Crippen molar-refractivity contribution in [3.63, 3.8) is 0 Å². The van der Waals surface area contributed by atoms with E-state index in [0.29, 0.717) is 6.42 Å². The Labute approximate surface area is 154 Å². The molecule has 0 aliphatic rings. The minimum atomic E-state index is -1.09. The third kappa shape index (κ3) is 11.7. The summed E-state index contributed by atoms with van der Waals surface area (Å²) < 4.78 is 0.767. The Hall–Kier alpha value is -0.810. The molecule has 0 radical (unpaired) electrons. The molecule has 5 nitrogen and oxygen atoms in total. The third-order valence-corrected chi connectivity index (χ3v) is 4.58. The Bertz CT molecular complexity index is 391. The van der Waals surface area contributed by atoms with Crippen molar-refractivity contribution in [2.24, 2.45) is 0 Å². The Kier molecular flexibility index (Phi) is 14.0. The van der Waals surface area contributed by atoms with E-state index in [1.54, 1.807) is 0 Å². The summed E-state index contributed by atoms with van der Waals surface area (Å²) in [5, 5.41) is 7.84. The van der Waals surface area contributed by atoms with Crippen LogP contribution < -0.4 is 0 Å². The largest absolute Gasteiger partial charge is 0.481 e. The van der Waals surface area contributed by atoms with Gasteiger partial charge in [0.05, 0.1) is 0 Å². The second kappa shape index (κ2) is 14.5. The van der Waals surface area contributed by atoms with E-state index in [2.05, 4.69) is 6.92 Å². The topological polar surface area (TPSA) is 74.7 Å². The van der Waals surface area contributed by atoms with Crippen LogP contribution in [0.2, 0.25) is 0 Å². The molecule has 140 valence electrons. The Morgan fingerprint density at radius 1 is 0.917 bits per heavy atom. The second-order valence-electron chi connectivity index (χ2n) is 6.04. The molecule has 0 bridgehead atoms. The molecule has 0 aliphatic carbocycles. The van der Waals surface area contributed by atoms with Gasteiger partial charge in [-0.3, -0.25) is 14.4 Å². The lowest BCUT2D eigenvalue weighted by atomic mass is 10.1. The summed E-state index contributed by atoms with van der Waals surface area (Å²) in [7, 11) is 0. The summed E-state index contributed by atoms with van der Waals surface area (Å²) in [6.07, 6.45) is 10.1. The molecule has 0 fully saturated rings. The predicted molar refractivity (Wildman–Crippen MR) is 96.1 cm³/mol. The molecule has 0 unspecified atom stereocenters. The normalized spacial score (nSPS) is 12.0. The van der Waals surface area contributed by atoms with Gasteiger partial charge >= 0.3 is 5.97 Å². The predicted octanol–water partition coefficient (Wildman–Crippen LogP) is 4.89. The molecular weight excluding hydrogens is 353 g/mol. The average molecular weight is 382 g/mol. The Morgan fingerprint density at radius 3 is 1.88 bits per heavy atom. The van der Waals surface area contributed by atoms with Crippen LogP contribution in [0.25, 0.3) is 0 Å². The van der Waals surface area contributed by atoms with Gasteiger partial charge in [0, 0.05) is 24.6 Å². The van der Waals surface area contributed by atoms with Crippen molar-refractivity contribution in [3.05, 3.63) is 0 Å². The van der Waals surface area contributed by atoms with Crippen LogP contribution in [0.1, 0.15) is 84.0 Å². The standard InChI is InChI=1S/C17H29Cl2NO4/c1-2-3-4-5-6-7-8-9-10-11-15(21)20(19)14(17(18)24)12-13-16(22)23/h14H,2-13H2,1H3,(H,22,23)/t14-/m0/s1. The number of carbonyl (C=O) groups is 3. The quantitative estimate of drug-likeness (QED) is 0.249. The van der Waals surface area contributed by atoms with Crippen molar-refractivity contribution in [1.82, 2.24) is 4.42 Å². The van der Waals surface area contributed by atoms with Gasteiger partial charge in [0.2, 0.25) is 11.1 Å². The fourth-order valence-corrected chi connectivity index (χ4v) is 2.97. The van der Waals surface area contributed by atoms with Gasteiger partial charge < -0.3 is 5.11 Å². The van der Waals surface area contributed by atoms with Crippen LogP contribution in [0.4, 0.5) is 0 Å². The molecule has 1 amide bonds. The van der Waals surface area contributed by atoms with Crippen LogP contribution in [-0.2, 0) is 14.4 Å². The van der Waals surface area contributed by atoms with Crippen molar-refractivity contribution >= 4 is 40.5 Å². The number of aliphatic carboxylic acids is 1. The van der Waals surface area contributed by atoms with Crippen LogP contribution in [0.3, 0.4) is 0 Å². The lowest BCUT2D eigenvalue weighted by molar-refractivity contribution is -0.138. The van der Waals surface area contributed by atoms with Gasteiger partial charge in [0.1, 0.15) is 6.04 Å². The smallest absolute Gasteiger partial charge is 0.303 e. The summed E-state index contributed by atoms with van der Waals surface area (Å²) in [6.45, 7) is 2.20. The molecule has 0 saturated heterocycles. The number of unbranched alkanes of at least 4 members (excludes halogenated alkanes) is 8. The van der Waals surface area contributed by atoms with E-state index in [1.165, 1.54) is 38.5 Å². The van der Waals surface area contributed by atoms with Gasteiger partial charge in [-0.05, 0) is 24.4 Å². The van der Waals surface area contributed by atoms with Crippen LogP contribution >= 0.6 is 23.4 Å². The molecule has 0 aromatic carbocycles. The SMILES string of the molecule is CCCCCCCCCCCC(=O)N(Cl)[C@@H](CCC(=O)O)C(=O)Cl. The van der Waals surface area contributed by atoms with E-state index in [4.69, 9.17) is 28.5 Å². The molecule has 0 saturated carbocycles. The second-order valence-corrected chi connectivity index (χ2v) is 6.77. The number of nitrogens with zero attached hydrogens (tertiary/aromatic N) is 1. The lowest BCUT2D eigenvalue weighted by Gasteiger charge is -2.21. The van der Waals surface area contributed by atoms with E-state index in [-0.39, 0.29) is 25.2 Å². The van der Waals surface area contributed by atoms with Crippen molar-refractivity contribution < 1.29 is 19.5 Å². The number of hydrogen-bond donors (Lipinski definition) is 1. The number of halogens is 2. The Balaban J connectivity index is 3.91. The summed E-state index contributed by atoms with van der Waals surface area (Å²) in [5.74, 6) is -1.45. The van der Waals surface area contributed by atoms with Crippen molar-refractivity contribution in [3.8, 4) is 0 Å². The number of amides is 1. The first-order valence-corrected chi connectivity index (χ1v) is 9.50. The molecule has 7 heteroatoms. The van der Waals surface area contributed by atoms with Gasteiger partial charge in [-0.25, -0.2) is 4.42 Å². The zero-order valence-corrected chi connectivity index (χ0v) is 15.9. The fraction of sp³-hybridized carbons (Fsp3) is 0.824. The number of hydrogen-bond acceptors (Lipinski definition) is 3. The molecular formula is C17H29Cl2NO4. The highest BCUT2D eigenvalue weighted by molar-refractivity contribution is 6.65. The van der Waals surface area contributed by atoms with E-state index < -0.39 is 17.3 Å². The van der Waals surface area contributed by atoms with E-state index in [0.717, 1.165) is 17.3 Å². The zero-order valence-electron chi connectivity index (χ0n) is 14.4. The molecule has 0 heterocycles. The first kappa shape index (κ1) is 23.2. The van der Waals surface area contributed by atoms with Gasteiger partial charge in [-0.2, -0.15) is 0 Å². The molecule has 0 spiro atoms. The maximum absolute atomic E-state index is 12.0. The van der Waals surface area contributed by atoms with Crippen LogP contribution in [0, 0.1) is 0 Å². The fourth-order valence-electron chi connectivity index (χ4n) is 2.44. The molecule has 0 aliphatic heterocycles. The van der Waals surface area contributed by atoms with Crippen molar-refractivity contribution in [2.45, 2.75) is 90.0 Å². The van der Waals surface area contributed by atoms with Crippen LogP contribution in [0.5, 0.6) is 0 Å². The monoisotopic (exact) mass is 381 g/mol. The van der Waals surface area contributed by atoms with E-state index in [9.17, 15) is 14.4 Å². The molecule has 1 N–H and O–H groups in total. The number of carboxylic acid groups (broad SMARTS) is 1. The molecule has 24 heavy (non-hydrogen) atoms. The zero-order chi connectivity index (χ0) is 18.4. The number of carbonyl (C=O) groups excluding carboxylic acids is 2. The van der Waals surface area contributed by atoms with Gasteiger partial charge in [0.15, 0.2) is 0 Å². The van der Waals surface area contributed by atoms with E-state index >= 15 is 0 Å². The maximum Gasteiger partial charge on any atom is 0.303 e. The summed E-state index contributed by atoms with van der Waals surface area (Å²) in [4.78, 5) is 33.9. The summed E-state index contributed by atoms with van der Waals surface area (Å²) in [6, 6.07) is -1.09. The number of rotatable bonds is 15. The highest BCUT2D eigenvalue weighted by Gasteiger charge is 2.27.